The molecule has 2 saturated carbocycles. The van der Waals surface area contributed by atoms with E-state index in [1.807, 2.05) is 0 Å². The second kappa shape index (κ2) is 5.04. The lowest BCUT2D eigenvalue weighted by molar-refractivity contribution is -0.143. The molecule has 0 radical (unpaired) electrons. The predicted molar refractivity (Wildman–Crippen MR) is 60.2 cm³/mol. The molecule has 0 aromatic heterocycles. The molecule has 2 aliphatic carbocycles. The lowest BCUT2D eigenvalue weighted by Crippen LogP contribution is -2.45. The van der Waals surface area contributed by atoms with Gasteiger partial charge < -0.3 is 15.5 Å². The highest BCUT2D eigenvalue weighted by Crippen LogP contribution is 2.48. The Hall–Kier alpha value is -1.10. The highest BCUT2D eigenvalue weighted by Gasteiger charge is 2.43. The van der Waals surface area contributed by atoms with E-state index in [2.05, 4.69) is 5.32 Å². The van der Waals surface area contributed by atoms with E-state index in [9.17, 15) is 9.59 Å². The zero-order valence-electron chi connectivity index (χ0n) is 9.76. The van der Waals surface area contributed by atoms with Crippen molar-refractivity contribution in [3.05, 3.63) is 0 Å². The number of fused-ring (bicyclic) bond motifs is 2. The van der Waals surface area contributed by atoms with E-state index >= 15 is 0 Å². The molecule has 3 N–H and O–H groups in total. The summed E-state index contributed by atoms with van der Waals surface area (Å²) in [5.41, 5.74) is 0. The number of aliphatic hydroxyl groups excluding tert-OH is 1. The highest BCUT2D eigenvalue weighted by atomic mass is 16.4. The molecule has 2 aliphatic rings. The number of nitrogens with one attached hydrogen (secondary N) is 1. The second-order valence-corrected chi connectivity index (χ2v) is 5.19. The van der Waals surface area contributed by atoms with E-state index in [-0.39, 0.29) is 24.9 Å². The summed E-state index contributed by atoms with van der Waals surface area (Å²) in [4.78, 5) is 22.8. The third kappa shape index (κ3) is 2.60. The second-order valence-electron chi connectivity index (χ2n) is 5.19. The fraction of sp³-hybridized carbons (Fsp3) is 0.833. The molecule has 5 nitrogen and oxygen atoms in total. The van der Waals surface area contributed by atoms with Crippen LogP contribution in [0.5, 0.6) is 0 Å². The van der Waals surface area contributed by atoms with Gasteiger partial charge in [0.1, 0.15) is 6.04 Å². The van der Waals surface area contributed by atoms with Crippen molar-refractivity contribution in [2.75, 3.05) is 6.61 Å². The van der Waals surface area contributed by atoms with Crippen LogP contribution in [0.4, 0.5) is 0 Å². The van der Waals surface area contributed by atoms with E-state index < -0.39 is 12.0 Å². The number of hydrogen-bond donors (Lipinski definition) is 3. The largest absolute Gasteiger partial charge is 0.480 e. The van der Waals surface area contributed by atoms with Crippen LogP contribution in [0.1, 0.15) is 32.1 Å². The minimum absolute atomic E-state index is 0.00528. The Bertz CT molecular complexity index is 318. The molecule has 0 aromatic carbocycles. The van der Waals surface area contributed by atoms with Crippen LogP contribution in [0.2, 0.25) is 0 Å². The van der Waals surface area contributed by atoms with Crippen molar-refractivity contribution >= 4 is 11.9 Å². The van der Waals surface area contributed by atoms with Gasteiger partial charge >= 0.3 is 5.97 Å². The summed E-state index contributed by atoms with van der Waals surface area (Å²) in [5, 5.41) is 20.2. The van der Waals surface area contributed by atoms with Gasteiger partial charge in [0.05, 0.1) is 0 Å². The Balaban J connectivity index is 1.89. The van der Waals surface area contributed by atoms with Crippen molar-refractivity contribution in [2.24, 2.45) is 17.8 Å². The molecule has 2 bridgehead atoms. The lowest BCUT2D eigenvalue weighted by Gasteiger charge is -2.23. The number of amides is 1. The maximum absolute atomic E-state index is 12.0. The molecule has 0 saturated heterocycles. The summed E-state index contributed by atoms with van der Waals surface area (Å²) >= 11 is 0. The molecule has 3 unspecified atom stereocenters. The van der Waals surface area contributed by atoms with Crippen LogP contribution in [0, 0.1) is 17.8 Å². The maximum Gasteiger partial charge on any atom is 0.326 e. The Morgan fingerprint density at radius 3 is 2.53 bits per heavy atom. The first-order valence-electron chi connectivity index (χ1n) is 6.26. The van der Waals surface area contributed by atoms with Gasteiger partial charge in [-0.1, -0.05) is 6.42 Å². The highest BCUT2D eigenvalue weighted by molar-refractivity contribution is 5.85. The molecular weight excluding hydrogens is 222 g/mol. The quantitative estimate of drug-likeness (QED) is 0.649. The third-order valence-electron chi connectivity index (χ3n) is 4.11. The molecule has 1 amide bonds. The van der Waals surface area contributed by atoms with E-state index in [0.717, 1.165) is 19.3 Å². The molecule has 17 heavy (non-hydrogen) atoms. The summed E-state index contributed by atoms with van der Waals surface area (Å²) in [6.45, 7) is -0.228. The monoisotopic (exact) mass is 241 g/mol. The van der Waals surface area contributed by atoms with E-state index in [4.69, 9.17) is 10.2 Å². The molecule has 0 aromatic rings. The van der Waals surface area contributed by atoms with Crippen molar-refractivity contribution in [3.8, 4) is 0 Å². The van der Waals surface area contributed by atoms with E-state index in [0.29, 0.717) is 11.8 Å². The average molecular weight is 241 g/mol. The predicted octanol–water partition coefficient (Wildman–Crippen LogP) is 0.374. The van der Waals surface area contributed by atoms with Gasteiger partial charge in [-0.3, -0.25) is 4.79 Å². The molecule has 2 rings (SSSR count). The summed E-state index contributed by atoms with van der Waals surface area (Å²) in [6, 6.07) is -0.952. The van der Waals surface area contributed by atoms with Crippen LogP contribution in [-0.4, -0.2) is 34.7 Å². The third-order valence-corrected chi connectivity index (χ3v) is 4.11. The molecular formula is C12H19NO4. The SMILES string of the molecule is O=C(N[C@H](CCO)C(=O)O)C1CC2CCC1C2. The van der Waals surface area contributed by atoms with Gasteiger partial charge in [-0.05, 0) is 31.1 Å². The molecule has 0 aliphatic heterocycles. The Morgan fingerprint density at radius 1 is 1.29 bits per heavy atom. The summed E-state index contributed by atoms with van der Waals surface area (Å²) in [6.07, 6.45) is 4.41. The number of carbonyl (C=O) groups excluding carboxylic acids is 1. The van der Waals surface area contributed by atoms with Crippen molar-refractivity contribution in [3.63, 3.8) is 0 Å². The van der Waals surface area contributed by atoms with Crippen LogP contribution in [0.3, 0.4) is 0 Å². The number of rotatable bonds is 5. The van der Waals surface area contributed by atoms with Crippen LogP contribution in [-0.2, 0) is 9.59 Å². The molecule has 2 fully saturated rings. The van der Waals surface area contributed by atoms with Gasteiger partial charge in [-0.25, -0.2) is 4.79 Å². The first kappa shape index (κ1) is 12.4. The first-order valence-corrected chi connectivity index (χ1v) is 6.26. The zero-order chi connectivity index (χ0) is 12.4. The average Bonchev–Trinajstić information content (AvgIpc) is 2.89. The normalized spacial score (nSPS) is 32.4. The first-order chi connectivity index (χ1) is 8.11. The van der Waals surface area contributed by atoms with Gasteiger partial charge in [0.25, 0.3) is 0 Å². The Kier molecular flexibility index (Phi) is 3.66. The Labute approximate surface area is 100 Å². The Morgan fingerprint density at radius 2 is 2.06 bits per heavy atom. The minimum Gasteiger partial charge on any atom is -0.480 e. The van der Waals surface area contributed by atoms with E-state index in [1.165, 1.54) is 6.42 Å². The minimum atomic E-state index is -1.07. The van der Waals surface area contributed by atoms with E-state index in [1.54, 1.807) is 0 Å². The summed E-state index contributed by atoms with van der Waals surface area (Å²) in [5.74, 6) is -0.108. The van der Waals surface area contributed by atoms with Crippen LogP contribution in [0.25, 0.3) is 0 Å². The van der Waals surface area contributed by atoms with Crippen molar-refractivity contribution in [1.82, 2.24) is 5.32 Å². The van der Waals surface area contributed by atoms with Crippen molar-refractivity contribution in [1.29, 1.82) is 0 Å². The summed E-state index contributed by atoms with van der Waals surface area (Å²) in [7, 11) is 0. The molecule has 5 heteroatoms. The fourth-order valence-electron chi connectivity index (χ4n) is 3.23. The smallest absolute Gasteiger partial charge is 0.326 e. The number of hydrogen-bond acceptors (Lipinski definition) is 3. The topological polar surface area (TPSA) is 86.6 Å². The molecule has 4 atom stereocenters. The number of carboxylic acid groups (broad SMARTS) is 1. The van der Waals surface area contributed by atoms with Gasteiger partial charge in [0.2, 0.25) is 5.91 Å². The van der Waals surface area contributed by atoms with Crippen LogP contribution in [0.15, 0.2) is 0 Å². The number of carbonyl (C=O) groups is 2. The molecule has 96 valence electrons. The molecule has 0 spiro atoms. The van der Waals surface area contributed by atoms with Crippen molar-refractivity contribution in [2.45, 2.75) is 38.1 Å². The maximum atomic E-state index is 12.0. The van der Waals surface area contributed by atoms with Gasteiger partial charge in [0.15, 0.2) is 0 Å². The number of aliphatic carboxylic acids is 1. The van der Waals surface area contributed by atoms with Crippen molar-refractivity contribution < 1.29 is 19.8 Å². The van der Waals surface area contributed by atoms with Crippen LogP contribution < -0.4 is 5.32 Å². The number of carboxylic acids is 1. The lowest BCUT2D eigenvalue weighted by atomic mass is 9.88. The fourth-order valence-corrected chi connectivity index (χ4v) is 3.23. The zero-order valence-corrected chi connectivity index (χ0v) is 9.76. The molecule has 0 heterocycles. The van der Waals surface area contributed by atoms with Gasteiger partial charge in [0, 0.05) is 18.9 Å². The standard InChI is InChI=1S/C12H19NO4/c14-4-3-10(12(16)17)13-11(15)9-6-7-1-2-8(9)5-7/h7-10,14H,1-6H2,(H,13,15)(H,16,17)/t7?,8?,9?,10-/m1/s1. The number of aliphatic hydroxyl groups is 1. The summed E-state index contributed by atoms with van der Waals surface area (Å²) < 4.78 is 0. The van der Waals surface area contributed by atoms with Crippen LogP contribution >= 0.6 is 0 Å². The van der Waals surface area contributed by atoms with Gasteiger partial charge in [-0.2, -0.15) is 0 Å². The van der Waals surface area contributed by atoms with Gasteiger partial charge in [-0.15, -0.1) is 0 Å².